The van der Waals surface area contributed by atoms with Crippen LogP contribution in [-0.2, 0) is 5.67 Å². The highest BCUT2D eigenvalue weighted by Crippen LogP contribution is 2.53. The Morgan fingerprint density at radius 2 is 1.36 bits per heavy atom. The van der Waals surface area contributed by atoms with E-state index < -0.39 is 23.6 Å². The highest BCUT2D eigenvalue weighted by molar-refractivity contribution is 5.56. The Labute approximate surface area is 122 Å². The maximum absolute atomic E-state index is 14.0. The lowest BCUT2D eigenvalue weighted by atomic mass is 9.92. The number of alkyl halides is 7. The Kier molecular flexibility index (Phi) is 4.08. The Morgan fingerprint density at radius 1 is 0.864 bits per heavy atom. The molecule has 0 bridgehead atoms. The van der Waals surface area contributed by atoms with Crippen molar-refractivity contribution in [2.45, 2.75) is 37.8 Å². The molecular weight excluding hydrogens is 315 g/mol. The molecule has 0 aromatic heterocycles. The van der Waals surface area contributed by atoms with Crippen LogP contribution in [0, 0.1) is 6.92 Å². The van der Waals surface area contributed by atoms with Crippen molar-refractivity contribution in [1.29, 1.82) is 0 Å². The average molecular weight is 329 g/mol. The van der Waals surface area contributed by atoms with E-state index in [0.29, 0.717) is 30.9 Å². The molecule has 0 unspecified atom stereocenters. The fraction of sp³-hybridized carbons (Fsp3) is 0.571. The van der Waals surface area contributed by atoms with Crippen molar-refractivity contribution >= 4 is 5.69 Å². The number of anilines is 1. The summed E-state index contributed by atoms with van der Waals surface area (Å²) < 4.78 is 90.2. The minimum absolute atomic E-state index is 0.190. The van der Waals surface area contributed by atoms with Crippen LogP contribution in [0.5, 0.6) is 0 Å². The highest BCUT2D eigenvalue weighted by atomic mass is 19.4. The van der Waals surface area contributed by atoms with Crippen molar-refractivity contribution in [2.75, 3.05) is 18.0 Å². The Bertz CT molecular complexity index is 527. The third kappa shape index (κ3) is 2.63. The van der Waals surface area contributed by atoms with Crippen molar-refractivity contribution in [1.82, 2.24) is 0 Å². The van der Waals surface area contributed by atoms with Crippen LogP contribution in [0.15, 0.2) is 18.2 Å². The summed E-state index contributed by atoms with van der Waals surface area (Å²) in [5.74, 6) is 0. The fourth-order valence-corrected chi connectivity index (χ4v) is 2.67. The topological polar surface area (TPSA) is 3.24 Å². The Balaban J connectivity index is 2.48. The number of rotatable bonds is 2. The van der Waals surface area contributed by atoms with Crippen LogP contribution in [0.4, 0.5) is 36.4 Å². The fourth-order valence-electron chi connectivity index (χ4n) is 2.67. The molecule has 0 spiro atoms. The third-order valence-electron chi connectivity index (χ3n) is 3.82. The van der Waals surface area contributed by atoms with Crippen molar-refractivity contribution in [3.8, 4) is 0 Å². The predicted molar refractivity (Wildman–Crippen MR) is 67.5 cm³/mol. The molecule has 0 aliphatic carbocycles. The molecule has 22 heavy (non-hydrogen) atoms. The molecule has 1 aliphatic rings. The second-order valence-electron chi connectivity index (χ2n) is 5.35. The monoisotopic (exact) mass is 329 g/mol. The number of benzene rings is 1. The molecule has 1 fully saturated rings. The lowest BCUT2D eigenvalue weighted by molar-refractivity contribution is -0.348. The number of halogens is 7. The normalized spacial score (nSPS) is 17.2. The first-order valence-electron chi connectivity index (χ1n) is 6.67. The number of hydrogen-bond acceptors (Lipinski definition) is 1. The van der Waals surface area contributed by atoms with Crippen LogP contribution < -0.4 is 4.90 Å². The highest BCUT2D eigenvalue weighted by Gasteiger charge is 2.73. The van der Waals surface area contributed by atoms with Crippen LogP contribution in [0.1, 0.15) is 24.0 Å². The largest absolute Gasteiger partial charge is 0.435 e. The summed E-state index contributed by atoms with van der Waals surface area (Å²) in [6, 6.07) is 2.33. The molecule has 1 aromatic carbocycles. The van der Waals surface area contributed by atoms with E-state index in [9.17, 15) is 30.7 Å². The maximum atomic E-state index is 14.0. The van der Waals surface area contributed by atoms with E-state index in [-0.39, 0.29) is 5.56 Å². The molecule has 0 amide bonds. The van der Waals surface area contributed by atoms with E-state index >= 15 is 0 Å². The first-order chi connectivity index (χ1) is 9.98. The lowest BCUT2D eigenvalue weighted by Gasteiger charge is -2.31. The average Bonchev–Trinajstić information content (AvgIpc) is 2.88. The standard InChI is InChI=1S/C14H14F7N/c1-9-8-10(4-5-11(9)22-6-2-3-7-22)12(15,13(16,17)18)14(19,20)21/h4-5,8H,2-3,6-7H2,1H3. The smallest absolute Gasteiger partial charge is 0.371 e. The second kappa shape index (κ2) is 5.31. The van der Waals surface area contributed by atoms with Gasteiger partial charge in [-0.05, 0) is 31.4 Å². The van der Waals surface area contributed by atoms with Crippen LogP contribution in [-0.4, -0.2) is 25.4 Å². The first-order valence-corrected chi connectivity index (χ1v) is 6.67. The van der Waals surface area contributed by atoms with Gasteiger partial charge in [0.15, 0.2) is 0 Å². The molecule has 124 valence electrons. The van der Waals surface area contributed by atoms with Crippen LogP contribution in [0.3, 0.4) is 0 Å². The van der Waals surface area contributed by atoms with Gasteiger partial charge in [-0.3, -0.25) is 0 Å². The molecule has 8 heteroatoms. The minimum atomic E-state index is -6.08. The molecule has 0 atom stereocenters. The van der Waals surface area contributed by atoms with Gasteiger partial charge in [0.05, 0.1) is 0 Å². The van der Waals surface area contributed by atoms with Gasteiger partial charge in [0.25, 0.3) is 0 Å². The van der Waals surface area contributed by atoms with Gasteiger partial charge in [-0.25, -0.2) is 4.39 Å². The summed E-state index contributed by atoms with van der Waals surface area (Å²) in [6.07, 6.45) is -10.3. The molecular formula is C14H14F7N. The minimum Gasteiger partial charge on any atom is -0.371 e. The summed E-state index contributed by atoms with van der Waals surface area (Å²) in [5.41, 5.74) is -6.08. The van der Waals surface area contributed by atoms with Crippen molar-refractivity contribution in [3.05, 3.63) is 29.3 Å². The van der Waals surface area contributed by atoms with Gasteiger partial charge in [-0.15, -0.1) is 0 Å². The molecule has 1 heterocycles. The van der Waals surface area contributed by atoms with E-state index in [1.165, 1.54) is 6.92 Å². The van der Waals surface area contributed by atoms with Crippen LogP contribution >= 0.6 is 0 Å². The number of nitrogens with zero attached hydrogens (tertiary/aromatic N) is 1. The molecule has 1 aliphatic heterocycles. The third-order valence-corrected chi connectivity index (χ3v) is 3.82. The maximum Gasteiger partial charge on any atom is 0.435 e. The first kappa shape index (κ1) is 16.9. The van der Waals surface area contributed by atoms with E-state index in [1.807, 2.05) is 4.90 Å². The summed E-state index contributed by atoms with van der Waals surface area (Å²) in [5, 5.41) is 0. The van der Waals surface area contributed by atoms with E-state index in [4.69, 9.17) is 0 Å². The lowest BCUT2D eigenvalue weighted by Crippen LogP contribution is -2.50. The van der Waals surface area contributed by atoms with Crippen LogP contribution in [0.25, 0.3) is 0 Å². The van der Waals surface area contributed by atoms with E-state index in [0.717, 1.165) is 18.9 Å². The Morgan fingerprint density at radius 3 is 1.77 bits per heavy atom. The predicted octanol–water partition coefficient (Wildman–Crippen LogP) is 4.88. The molecule has 1 saturated heterocycles. The Hall–Kier alpha value is -1.47. The molecule has 0 N–H and O–H groups in total. The van der Waals surface area contributed by atoms with E-state index in [1.54, 1.807) is 0 Å². The molecule has 0 saturated carbocycles. The van der Waals surface area contributed by atoms with Crippen molar-refractivity contribution < 1.29 is 30.7 Å². The summed E-state index contributed by atoms with van der Waals surface area (Å²) >= 11 is 0. The van der Waals surface area contributed by atoms with Crippen molar-refractivity contribution in [2.24, 2.45) is 0 Å². The van der Waals surface area contributed by atoms with Gasteiger partial charge in [-0.1, -0.05) is 12.1 Å². The summed E-state index contributed by atoms with van der Waals surface area (Å²) in [6.45, 7) is 2.74. The molecule has 1 nitrogen and oxygen atoms in total. The van der Waals surface area contributed by atoms with Gasteiger partial charge < -0.3 is 4.90 Å². The van der Waals surface area contributed by atoms with Gasteiger partial charge in [0.2, 0.25) is 0 Å². The summed E-state index contributed by atoms with van der Waals surface area (Å²) in [4.78, 5) is 1.86. The zero-order chi connectivity index (χ0) is 16.8. The zero-order valence-electron chi connectivity index (χ0n) is 11.7. The summed E-state index contributed by atoms with van der Waals surface area (Å²) in [7, 11) is 0. The molecule has 0 radical (unpaired) electrons. The SMILES string of the molecule is Cc1cc(C(F)(C(F)(F)F)C(F)(F)F)ccc1N1CCCC1. The quantitative estimate of drug-likeness (QED) is 0.699. The zero-order valence-corrected chi connectivity index (χ0v) is 11.7. The second-order valence-corrected chi connectivity index (χ2v) is 5.35. The molecule has 2 rings (SSSR count). The molecule has 1 aromatic rings. The van der Waals surface area contributed by atoms with Crippen LogP contribution in [0.2, 0.25) is 0 Å². The van der Waals surface area contributed by atoms with Crippen molar-refractivity contribution in [3.63, 3.8) is 0 Å². The number of hydrogen-bond donors (Lipinski definition) is 0. The van der Waals surface area contributed by atoms with E-state index in [2.05, 4.69) is 0 Å². The van der Waals surface area contributed by atoms with Gasteiger partial charge >= 0.3 is 18.0 Å². The van der Waals surface area contributed by atoms with Gasteiger partial charge in [-0.2, -0.15) is 26.3 Å². The van der Waals surface area contributed by atoms with Gasteiger partial charge in [0, 0.05) is 24.3 Å². The number of aryl methyl sites for hydroxylation is 1. The van der Waals surface area contributed by atoms with Gasteiger partial charge in [0.1, 0.15) is 0 Å².